The number of hydrogen-bond acceptors (Lipinski definition) is 6. The molecule has 1 unspecified atom stereocenters. The van der Waals surface area contributed by atoms with Gasteiger partial charge in [-0.3, -0.25) is 9.59 Å². The van der Waals surface area contributed by atoms with Gasteiger partial charge in [0.15, 0.2) is 11.5 Å². The van der Waals surface area contributed by atoms with Gasteiger partial charge in [0, 0.05) is 23.0 Å². The van der Waals surface area contributed by atoms with Gasteiger partial charge in [-0.1, -0.05) is 35.5 Å². The smallest absolute Gasteiger partial charge is 0.277 e. The molecule has 9 heteroatoms. The van der Waals surface area contributed by atoms with Gasteiger partial charge in [-0.25, -0.2) is 9.67 Å². The molecule has 2 aromatic carbocycles. The Morgan fingerprint density at radius 3 is 2.37 bits per heavy atom. The second-order valence-electron chi connectivity index (χ2n) is 6.51. The molecule has 0 aliphatic heterocycles. The van der Waals surface area contributed by atoms with Crippen molar-refractivity contribution in [3.63, 3.8) is 0 Å². The molecular weight excluding hydrogens is 384 g/mol. The van der Waals surface area contributed by atoms with Crippen molar-refractivity contribution < 1.29 is 14.1 Å². The Hall–Kier alpha value is -4.27. The second kappa shape index (κ2) is 8.39. The third kappa shape index (κ3) is 4.25. The molecule has 0 aliphatic carbocycles. The lowest BCUT2D eigenvalue weighted by atomic mass is 10.1. The zero-order valence-corrected chi connectivity index (χ0v) is 16.0. The van der Waals surface area contributed by atoms with E-state index in [9.17, 15) is 9.59 Å². The number of aromatic nitrogens is 4. The van der Waals surface area contributed by atoms with E-state index in [0.717, 1.165) is 5.56 Å². The van der Waals surface area contributed by atoms with Crippen molar-refractivity contribution in [2.24, 2.45) is 0 Å². The SMILES string of the molecule is CC(C(=O)Nc1ccc(NC(=O)c2cc(-c3ccccc3)on2)cc1)n1cncn1. The number of nitrogens with zero attached hydrogens (tertiary/aromatic N) is 4. The molecule has 30 heavy (non-hydrogen) atoms. The molecule has 0 aliphatic rings. The van der Waals surface area contributed by atoms with Crippen LogP contribution in [0.4, 0.5) is 11.4 Å². The molecule has 0 fully saturated rings. The van der Waals surface area contributed by atoms with E-state index in [1.165, 1.54) is 17.3 Å². The average Bonchev–Trinajstić information content (AvgIpc) is 3.48. The molecule has 2 N–H and O–H groups in total. The predicted molar refractivity (Wildman–Crippen MR) is 110 cm³/mol. The van der Waals surface area contributed by atoms with Crippen LogP contribution in [0.5, 0.6) is 0 Å². The first-order valence-corrected chi connectivity index (χ1v) is 9.18. The molecule has 4 rings (SSSR count). The van der Waals surface area contributed by atoms with Gasteiger partial charge in [0.2, 0.25) is 5.91 Å². The van der Waals surface area contributed by atoms with Crippen molar-refractivity contribution in [1.82, 2.24) is 19.9 Å². The van der Waals surface area contributed by atoms with Crippen molar-refractivity contribution in [3.8, 4) is 11.3 Å². The molecule has 1 atom stereocenters. The molecule has 2 aromatic heterocycles. The summed E-state index contributed by atoms with van der Waals surface area (Å²) in [6.45, 7) is 1.72. The van der Waals surface area contributed by atoms with Gasteiger partial charge < -0.3 is 15.2 Å². The maximum absolute atomic E-state index is 12.4. The Kier molecular flexibility index (Phi) is 5.33. The molecule has 4 aromatic rings. The second-order valence-corrected chi connectivity index (χ2v) is 6.51. The van der Waals surface area contributed by atoms with Crippen LogP contribution in [-0.4, -0.2) is 31.7 Å². The van der Waals surface area contributed by atoms with E-state index < -0.39 is 11.9 Å². The Morgan fingerprint density at radius 2 is 1.70 bits per heavy atom. The minimum atomic E-state index is -0.502. The third-order valence-electron chi connectivity index (χ3n) is 4.42. The van der Waals surface area contributed by atoms with Gasteiger partial charge in [-0.2, -0.15) is 5.10 Å². The molecule has 150 valence electrons. The lowest BCUT2D eigenvalue weighted by Crippen LogP contribution is -2.24. The third-order valence-corrected chi connectivity index (χ3v) is 4.42. The summed E-state index contributed by atoms with van der Waals surface area (Å²) in [4.78, 5) is 28.5. The molecule has 0 spiro atoms. The van der Waals surface area contributed by atoms with Crippen molar-refractivity contribution >= 4 is 23.2 Å². The summed E-state index contributed by atoms with van der Waals surface area (Å²) in [5, 5.41) is 13.3. The van der Waals surface area contributed by atoms with Gasteiger partial charge in [-0.05, 0) is 31.2 Å². The summed E-state index contributed by atoms with van der Waals surface area (Å²) in [5.74, 6) is -0.105. The largest absolute Gasteiger partial charge is 0.355 e. The molecule has 2 heterocycles. The topological polar surface area (TPSA) is 115 Å². The molecule has 0 radical (unpaired) electrons. The van der Waals surface area contributed by atoms with E-state index in [-0.39, 0.29) is 11.6 Å². The molecule has 0 saturated carbocycles. The number of rotatable bonds is 6. The van der Waals surface area contributed by atoms with Crippen LogP contribution in [-0.2, 0) is 4.79 Å². The first kappa shape index (κ1) is 19.1. The highest BCUT2D eigenvalue weighted by atomic mass is 16.5. The first-order chi connectivity index (χ1) is 14.6. The van der Waals surface area contributed by atoms with Crippen LogP contribution in [0.3, 0.4) is 0 Å². The number of nitrogens with one attached hydrogen (secondary N) is 2. The lowest BCUT2D eigenvalue weighted by molar-refractivity contribution is -0.119. The van der Waals surface area contributed by atoms with Crippen LogP contribution < -0.4 is 10.6 Å². The van der Waals surface area contributed by atoms with Gasteiger partial charge in [0.05, 0.1) is 0 Å². The fraction of sp³-hybridized carbons (Fsp3) is 0.0952. The summed E-state index contributed by atoms with van der Waals surface area (Å²) >= 11 is 0. The van der Waals surface area contributed by atoms with Crippen molar-refractivity contribution in [2.75, 3.05) is 10.6 Å². The molecular formula is C21H18N6O3. The van der Waals surface area contributed by atoms with Crippen molar-refractivity contribution in [3.05, 3.63) is 79.0 Å². The molecule has 0 bridgehead atoms. The summed E-state index contributed by atoms with van der Waals surface area (Å²) < 4.78 is 6.72. The van der Waals surface area contributed by atoms with Crippen LogP contribution in [0.15, 0.2) is 77.8 Å². The highest BCUT2D eigenvalue weighted by molar-refractivity contribution is 6.03. The highest BCUT2D eigenvalue weighted by Crippen LogP contribution is 2.21. The Morgan fingerprint density at radius 1 is 1.00 bits per heavy atom. The fourth-order valence-electron chi connectivity index (χ4n) is 2.74. The normalized spacial score (nSPS) is 11.6. The summed E-state index contributed by atoms with van der Waals surface area (Å²) in [6.07, 6.45) is 2.86. The van der Waals surface area contributed by atoms with Gasteiger partial charge in [0.25, 0.3) is 5.91 Å². The predicted octanol–water partition coefficient (Wildman–Crippen LogP) is 3.39. The molecule has 0 saturated heterocycles. The Bertz CT molecular complexity index is 1140. The Labute approximate surface area is 171 Å². The van der Waals surface area contributed by atoms with E-state index in [4.69, 9.17) is 4.52 Å². The monoisotopic (exact) mass is 402 g/mol. The van der Waals surface area contributed by atoms with E-state index in [2.05, 4.69) is 25.9 Å². The van der Waals surface area contributed by atoms with Crippen molar-refractivity contribution in [1.29, 1.82) is 0 Å². The fourth-order valence-corrected chi connectivity index (χ4v) is 2.74. The number of anilines is 2. The summed E-state index contributed by atoms with van der Waals surface area (Å²) in [6, 6.07) is 17.3. The summed E-state index contributed by atoms with van der Waals surface area (Å²) in [7, 11) is 0. The van der Waals surface area contributed by atoms with Gasteiger partial charge >= 0.3 is 0 Å². The zero-order chi connectivity index (χ0) is 20.9. The van der Waals surface area contributed by atoms with E-state index in [0.29, 0.717) is 17.1 Å². The number of amides is 2. The van der Waals surface area contributed by atoms with Crippen LogP contribution in [0.1, 0.15) is 23.5 Å². The van der Waals surface area contributed by atoms with Crippen LogP contribution in [0.2, 0.25) is 0 Å². The minimum Gasteiger partial charge on any atom is -0.355 e. The Balaban J connectivity index is 1.37. The number of carbonyl (C=O) groups excluding carboxylic acids is 2. The first-order valence-electron chi connectivity index (χ1n) is 9.18. The van der Waals surface area contributed by atoms with Crippen LogP contribution in [0, 0.1) is 0 Å². The number of benzene rings is 2. The number of carbonyl (C=O) groups is 2. The maximum Gasteiger partial charge on any atom is 0.277 e. The highest BCUT2D eigenvalue weighted by Gasteiger charge is 2.16. The minimum absolute atomic E-state index is 0.174. The summed E-state index contributed by atoms with van der Waals surface area (Å²) in [5.41, 5.74) is 2.17. The van der Waals surface area contributed by atoms with Gasteiger partial charge in [-0.15, -0.1) is 0 Å². The quantitative estimate of drug-likeness (QED) is 0.511. The van der Waals surface area contributed by atoms with E-state index in [1.54, 1.807) is 37.3 Å². The number of hydrogen-bond donors (Lipinski definition) is 2. The lowest BCUT2D eigenvalue weighted by Gasteiger charge is -2.12. The van der Waals surface area contributed by atoms with Gasteiger partial charge in [0.1, 0.15) is 18.7 Å². The maximum atomic E-state index is 12.4. The van der Waals surface area contributed by atoms with Crippen molar-refractivity contribution in [2.45, 2.75) is 13.0 Å². The standard InChI is InChI=1S/C21H18N6O3/c1-14(27-13-22-12-23-27)20(28)24-16-7-9-17(10-8-16)25-21(29)18-11-19(30-26-18)15-5-3-2-4-6-15/h2-14H,1H3,(H,24,28)(H,25,29). The zero-order valence-electron chi connectivity index (χ0n) is 16.0. The molecule has 9 nitrogen and oxygen atoms in total. The average molecular weight is 402 g/mol. The molecule has 2 amide bonds. The van der Waals surface area contributed by atoms with Crippen LogP contribution in [0.25, 0.3) is 11.3 Å². The van der Waals surface area contributed by atoms with Crippen LogP contribution >= 0.6 is 0 Å². The van der Waals surface area contributed by atoms with E-state index >= 15 is 0 Å². The van der Waals surface area contributed by atoms with E-state index in [1.807, 2.05) is 30.3 Å².